The highest BCUT2D eigenvalue weighted by Gasteiger charge is 2.60. The number of hydrogen-bond acceptors (Lipinski definition) is 6. The predicted molar refractivity (Wildman–Crippen MR) is 85.7 cm³/mol. The van der Waals surface area contributed by atoms with Gasteiger partial charge >= 0.3 is 5.97 Å². The molecule has 1 aliphatic carbocycles. The van der Waals surface area contributed by atoms with Gasteiger partial charge < -0.3 is 25.2 Å². The van der Waals surface area contributed by atoms with E-state index in [9.17, 15) is 25.2 Å². The van der Waals surface area contributed by atoms with Crippen molar-refractivity contribution in [2.24, 2.45) is 0 Å². The summed E-state index contributed by atoms with van der Waals surface area (Å²) >= 11 is 0. The third-order valence-corrected chi connectivity index (χ3v) is 4.91. The van der Waals surface area contributed by atoms with Crippen LogP contribution in [0.25, 0.3) is 0 Å². The topological polar surface area (TPSA) is 107 Å². The second-order valence-electron chi connectivity index (χ2n) is 7.31. The average Bonchev–Trinajstić information content (AvgIpc) is 2.40. The van der Waals surface area contributed by atoms with Crippen LogP contribution in [0.1, 0.15) is 60.3 Å². The molecular formula is C17H30O6. The van der Waals surface area contributed by atoms with E-state index in [1.54, 1.807) is 0 Å². The van der Waals surface area contributed by atoms with Crippen molar-refractivity contribution in [3.63, 3.8) is 0 Å². The van der Waals surface area contributed by atoms with E-state index in [4.69, 9.17) is 4.74 Å². The molecule has 1 rings (SSSR count). The first kappa shape index (κ1) is 20.1. The molecule has 134 valence electrons. The van der Waals surface area contributed by atoms with Gasteiger partial charge in [0.1, 0.15) is 23.4 Å². The van der Waals surface area contributed by atoms with Crippen LogP contribution in [0.5, 0.6) is 0 Å². The third kappa shape index (κ3) is 4.12. The molecule has 4 N–H and O–H groups in total. The Kier molecular flexibility index (Phi) is 6.02. The van der Waals surface area contributed by atoms with Crippen LogP contribution in [0.15, 0.2) is 11.6 Å². The highest BCUT2D eigenvalue weighted by Crippen LogP contribution is 2.44. The van der Waals surface area contributed by atoms with Gasteiger partial charge in [0.2, 0.25) is 0 Å². The van der Waals surface area contributed by atoms with Crippen LogP contribution in [-0.4, -0.2) is 55.4 Å². The Labute approximate surface area is 137 Å². The number of carbonyl (C=O) groups is 1. The van der Waals surface area contributed by atoms with E-state index in [1.165, 1.54) is 20.8 Å². The molecule has 0 amide bonds. The quantitative estimate of drug-likeness (QED) is 0.443. The maximum atomic E-state index is 11.2. The lowest BCUT2D eigenvalue weighted by Crippen LogP contribution is -2.70. The second kappa shape index (κ2) is 6.89. The molecule has 1 saturated carbocycles. The van der Waals surface area contributed by atoms with Crippen molar-refractivity contribution in [1.29, 1.82) is 0 Å². The first-order chi connectivity index (χ1) is 10.4. The average molecular weight is 330 g/mol. The van der Waals surface area contributed by atoms with E-state index in [-0.39, 0.29) is 19.3 Å². The summed E-state index contributed by atoms with van der Waals surface area (Å²) in [5, 5.41) is 42.3. The molecule has 6 nitrogen and oxygen atoms in total. The Morgan fingerprint density at radius 1 is 1.26 bits per heavy atom. The minimum Gasteiger partial charge on any atom is -0.457 e. The molecule has 0 spiro atoms. The lowest BCUT2D eigenvalue weighted by Gasteiger charge is -2.53. The molecule has 0 aromatic carbocycles. The summed E-state index contributed by atoms with van der Waals surface area (Å²) in [6.07, 6.45) is -0.240. The van der Waals surface area contributed by atoms with Crippen LogP contribution in [0.3, 0.4) is 0 Å². The number of aliphatic hydroxyl groups is 4. The molecule has 6 heteroatoms. The summed E-state index contributed by atoms with van der Waals surface area (Å²) < 4.78 is 5.13. The first-order valence-corrected chi connectivity index (χ1v) is 7.99. The minimum atomic E-state index is -1.87. The molecule has 0 aromatic rings. The van der Waals surface area contributed by atoms with Crippen LogP contribution >= 0.6 is 0 Å². The van der Waals surface area contributed by atoms with Gasteiger partial charge in [0.25, 0.3) is 0 Å². The molecule has 5 atom stereocenters. The number of allylic oxidation sites excluding steroid dienone is 2. The van der Waals surface area contributed by atoms with Crippen LogP contribution in [-0.2, 0) is 9.53 Å². The van der Waals surface area contributed by atoms with Gasteiger partial charge in [-0.25, -0.2) is 0 Å². The third-order valence-electron chi connectivity index (χ3n) is 4.91. The van der Waals surface area contributed by atoms with Crippen LogP contribution in [0.2, 0.25) is 0 Å². The Morgan fingerprint density at radius 3 is 2.30 bits per heavy atom. The predicted octanol–water partition coefficient (Wildman–Crippen LogP) is 1.05. The smallest absolute Gasteiger partial charge is 0.303 e. The van der Waals surface area contributed by atoms with Crippen molar-refractivity contribution in [3.05, 3.63) is 11.6 Å². The zero-order valence-corrected chi connectivity index (χ0v) is 14.7. The minimum absolute atomic E-state index is 0.0107. The van der Waals surface area contributed by atoms with Crippen molar-refractivity contribution in [2.75, 3.05) is 0 Å². The number of carbonyl (C=O) groups excluding carboxylic acids is 1. The highest BCUT2D eigenvalue weighted by molar-refractivity contribution is 5.66. The van der Waals surface area contributed by atoms with Gasteiger partial charge in [0.05, 0.1) is 5.60 Å². The van der Waals surface area contributed by atoms with Crippen molar-refractivity contribution in [3.8, 4) is 0 Å². The van der Waals surface area contributed by atoms with Crippen molar-refractivity contribution in [1.82, 2.24) is 0 Å². The molecule has 1 aliphatic rings. The molecule has 0 unspecified atom stereocenters. The number of aliphatic hydroxyl groups excluding tert-OH is 2. The Bertz CT molecular complexity index is 468. The SMILES string of the molecule is CC(=O)O[C@]1(C)CC[C@](O)([C@](C)(O)CCC=C(C)C)[C@H](O)[C@H]1O. The summed E-state index contributed by atoms with van der Waals surface area (Å²) in [6, 6.07) is 0. The second-order valence-corrected chi connectivity index (χ2v) is 7.31. The van der Waals surface area contributed by atoms with E-state index in [2.05, 4.69) is 0 Å². The molecule has 0 saturated heterocycles. The number of ether oxygens (including phenoxy) is 1. The van der Waals surface area contributed by atoms with Gasteiger partial charge in [-0.2, -0.15) is 0 Å². The summed E-state index contributed by atoms with van der Waals surface area (Å²) in [6.45, 7) is 8.07. The summed E-state index contributed by atoms with van der Waals surface area (Å²) in [5.74, 6) is -0.570. The number of hydrogen-bond donors (Lipinski definition) is 4. The molecule has 0 aromatic heterocycles. The van der Waals surface area contributed by atoms with Gasteiger partial charge in [0, 0.05) is 6.92 Å². The molecule has 0 heterocycles. The van der Waals surface area contributed by atoms with E-state index >= 15 is 0 Å². The Balaban J connectivity index is 2.95. The van der Waals surface area contributed by atoms with Gasteiger partial charge in [-0.3, -0.25) is 4.79 Å². The van der Waals surface area contributed by atoms with E-state index in [0.29, 0.717) is 6.42 Å². The van der Waals surface area contributed by atoms with E-state index in [1.807, 2.05) is 19.9 Å². The largest absolute Gasteiger partial charge is 0.457 e. The molecular weight excluding hydrogens is 300 g/mol. The Morgan fingerprint density at radius 2 is 1.83 bits per heavy atom. The Hall–Kier alpha value is -0.950. The fraction of sp³-hybridized carbons (Fsp3) is 0.824. The number of rotatable bonds is 5. The molecule has 1 fully saturated rings. The maximum Gasteiger partial charge on any atom is 0.303 e. The van der Waals surface area contributed by atoms with Gasteiger partial charge in [-0.05, 0) is 53.4 Å². The van der Waals surface area contributed by atoms with Crippen molar-refractivity contribution < 1.29 is 30.0 Å². The molecule has 0 bridgehead atoms. The summed E-state index contributed by atoms with van der Waals surface area (Å²) in [7, 11) is 0. The maximum absolute atomic E-state index is 11.2. The summed E-state index contributed by atoms with van der Waals surface area (Å²) in [4.78, 5) is 11.2. The van der Waals surface area contributed by atoms with E-state index < -0.39 is 35.0 Å². The monoisotopic (exact) mass is 330 g/mol. The zero-order valence-electron chi connectivity index (χ0n) is 14.7. The fourth-order valence-corrected chi connectivity index (χ4v) is 3.22. The van der Waals surface area contributed by atoms with Crippen molar-refractivity contribution in [2.45, 2.75) is 89.3 Å². The summed E-state index contributed by atoms with van der Waals surface area (Å²) in [5.41, 5.74) is -3.65. The van der Waals surface area contributed by atoms with Gasteiger partial charge in [0.15, 0.2) is 0 Å². The van der Waals surface area contributed by atoms with Crippen LogP contribution in [0.4, 0.5) is 0 Å². The van der Waals surface area contributed by atoms with Crippen LogP contribution in [0, 0.1) is 0 Å². The molecule has 0 aliphatic heterocycles. The first-order valence-electron chi connectivity index (χ1n) is 7.99. The van der Waals surface area contributed by atoms with Gasteiger partial charge in [-0.15, -0.1) is 0 Å². The zero-order chi connectivity index (χ0) is 18.1. The lowest BCUT2D eigenvalue weighted by molar-refractivity contribution is -0.273. The fourth-order valence-electron chi connectivity index (χ4n) is 3.22. The number of esters is 1. The molecule has 0 radical (unpaired) electrons. The van der Waals surface area contributed by atoms with Crippen molar-refractivity contribution >= 4 is 5.97 Å². The lowest BCUT2D eigenvalue weighted by atomic mass is 9.64. The highest BCUT2D eigenvalue weighted by atomic mass is 16.6. The molecule has 23 heavy (non-hydrogen) atoms. The normalized spacial score (nSPS) is 36.9. The van der Waals surface area contributed by atoms with E-state index in [0.717, 1.165) is 5.57 Å². The standard InChI is InChI=1S/C17H30O6/c1-11(2)7-6-8-16(5,21)17(22)10-9-15(4,23-12(3)18)13(19)14(17)20/h7,13-14,19-22H,6,8-10H2,1-5H3/t13-,14-,15-,16-,17-/m1/s1. The van der Waals surface area contributed by atoms with Crippen LogP contribution < -0.4 is 0 Å². The van der Waals surface area contributed by atoms with Gasteiger partial charge in [-0.1, -0.05) is 11.6 Å².